The summed E-state index contributed by atoms with van der Waals surface area (Å²) in [5.74, 6) is -1.52. The maximum absolute atomic E-state index is 13.8. The predicted molar refractivity (Wildman–Crippen MR) is 145 cm³/mol. The lowest BCUT2D eigenvalue weighted by atomic mass is 10.0. The lowest BCUT2D eigenvalue weighted by Crippen LogP contribution is -2.43. The highest BCUT2D eigenvalue weighted by molar-refractivity contribution is 7.92. The molecule has 5 rings (SSSR count). The number of fused-ring (bicyclic) bond motifs is 1. The van der Waals surface area contributed by atoms with Crippen LogP contribution in [0.4, 0.5) is 32.0 Å². The molecule has 0 radical (unpaired) electrons. The van der Waals surface area contributed by atoms with E-state index in [4.69, 9.17) is 26.0 Å². The minimum atomic E-state index is -4.83. The Morgan fingerprint density at radius 2 is 1.73 bits per heavy atom. The summed E-state index contributed by atoms with van der Waals surface area (Å²) in [4.78, 5) is 10.5. The summed E-state index contributed by atoms with van der Waals surface area (Å²) in [6.45, 7) is -0.444. The van der Waals surface area contributed by atoms with Crippen molar-refractivity contribution in [2.45, 2.75) is 36.2 Å². The van der Waals surface area contributed by atoms with E-state index in [9.17, 15) is 39.6 Å². The van der Waals surface area contributed by atoms with Crippen LogP contribution in [0.2, 0.25) is 5.02 Å². The zero-order valence-electron chi connectivity index (χ0n) is 22.0. The number of benzene rings is 3. The van der Waals surface area contributed by atoms with Crippen molar-refractivity contribution in [2.24, 2.45) is 0 Å². The third-order valence-corrected chi connectivity index (χ3v) is 8.78. The highest BCUT2D eigenvalue weighted by Gasteiger charge is 2.38. The van der Waals surface area contributed by atoms with E-state index in [1.807, 2.05) is 0 Å². The van der Waals surface area contributed by atoms with E-state index in [1.54, 1.807) is 0 Å². The minimum absolute atomic E-state index is 0.0136. The maximum atomic E-state index is 13.8. The van der Waals surface area contributed by atoms with Gasteiger partial charge in [0.2, 0.25) is 0 Å². The Kier molecular flexibility index (Phi) is 8.05. The first kappa shape index (κ1) is 31.2. The molecule has 0 saturated carbocycles. The van der Waals surface area contributed by atoms with Crippen molar-refractivity contribution < 1.29 is 53.9 Å². The zero-order chi connectivity index (χ0) is 32.0. The molecule has 0 aliphatic carbocycles. The molecule has 4 aromatic rings. The van der Waals surface area contributed by atoms with Gasteiger partial charge in [-0.3, -0.25) is 9.10 Å². The smallest absolute Gasteiger partial charge is 0.417 e. The van der Waals surface area contributed by atoms with Gasteiger partial charge in [-0.05, 0) is 55.0 Å². The number of anilines is 1. The van der Waals surface area contributed by atoms with E-state index in [0.717, 1.165) is 28.6 Å². The van der Waals surface area contributed by atoms with E-state index in [-0.39, 0.29) is 46.3 Å². The van der Waals surface area contributed by atoms with Gasteiger partial charge in [0, 0.05) is 18.1 Å². The molecule has 0 bridgehead atoms. The third kappa shape index (κ3) is 6.19. The summed E-state index contributed by atoms with van der Waals surface area (Å²) in [5, 5.41) is 12.7. The number of alkyl halides is 6. The van der Waals surface area contributed by atoms with Crippen LogP contribution >= 0.6 is 11.6 Å². The number of carboxylic acids is 1. The molecule has 1 aliphatic heterocycles. The molecule has 44 heavy (non-hydrogen) atoms. The maximum Gasteiger partial charge on any atom is 0.417 e. The summed E-state index contributed by atoms with van der Waals surface area (Å²) in [6, 6.07) is 11.5. The van der Waals surface area contributed by atoms with Gasteiger partial charge in [-0.2, -0.15) is 26.3 Å². The fourth-order valence-electron chi connectivity index (χ4n) is 4.63. The first-order valence-corrected chi connectivity index (χ1v) is 14.4. The van der Waals surface area contributed by atoms with Crippen molar-refractivity contribution in [3.05, 3.63) is 82.9 Å². The number of aliphatic carboxylic acids is 1. The van der Waals surface area contributed by atoms with E-state index in [1.165, 1.54) is 30.3 Å². The minimum Gasteiger partial charge on any atom is -0.486 e. The summed E-state index contributed by atoms with van der Waals surface area (Å²) < 4.78 is 120. The average molecular weight is 661 g/mol. The Morgan fingerprint density at radius 1 is 1.00 bits per heavy atom. The first-order chi connectivity index (χ1) is 20.6. The van der Waals surface area contributed by atoms with Crippen LogP contribution in [0.1, 0.15) is 24.0 Å². The summed E-state index contributed by atoms with van der Waals surface area (Å²) in [6.07, 6.45) is -11.1. The molecule has 232 valence electrons. The van der Waals surface area contributed by atoms with E-state index in [2.05, 4.69) is 5.16 Å². The molecule has 1 N–H and O–H groups in total. The van der Waals surface area contributed by atoms with Crippen molar-refractivity contribution >= 4 is 33.3 Å². The van der Waals surface area contributed by atoms with Crippen molar-refractivity contribution in [1.82, 2.24) is 5.16 Å². The SMILES string of the molecule is O=C(O)CC[C@H]1CN(S(=O)(=O)c2cccc(C(F)(F)F)c2)c2cc(-c3cc(-c4c(Cl)cccc4C(F)(F)F)on3)ccc2O1. The quantitative estimate of drug-likeness (QED) is 0.204. The average Bonchev–Trinajstić information content (AvgIpc) is 3.44. The summed E-state index contributed by atoms with van der Waals surface area (Å²) >= 11 is 6.06. The Balaban J connectivity index is 1.58. The second kappa shape index (κ2) is 11.4. The van der Waals surface area contributed by atoms with Crippen LogP contribution in [0.5, 0.6) is 5.75 Å². The number of carboxylic acid groups (broad SMARTS) is 1. The number of rotatable bonds is 7. The molecule has 0 unspecified atom stereocenters. The molecular weight excluding hydrogens is 642 g/mol. The third-order valence-electron chi connectivity index (χ3n) is 6.69. The van der Waals surface area contributed by atoms with E-state index >= 15 is 0 Å². The summed E-state index contributed by atoms with van der Waals surface area (Å²) in [5.41, 5.74) is -2.70. The van der Waals surface area contributed by atoms with Gasteiger partial charge in [-0.1, -0.05) is 28.9 Å². The van der Waals surface area contributed by atoms with Crippen molar-refractivity contribution in [3.8, 4) is 28.3 Å². The van der Waals surface area contributed by atoms with Gasteiger partial charge >= 0.3 is 18.3 Å². The first-order valence-electron chi connectivity index (χ1n) is 12.6. The summed E-state index contributed by atoms with van der Waals surface area (Å²) in [7, 11) is -4.67. The van der Waals surface area contributed by atoms with Crippen LogP contribution in [0.15, 0.2) is 76.1 Å². The second-order valence-electron chi connectivity index (χ2n) is 9.65. The molecule has 0 amide bonds. The van der Waals surface area contributed by atoms with Gasteiger partial charge in [0.15, 0.2) is 5.76 Å². The fourth-order valence-corrected chi connectivity index (χ4v) is 6.45. The number of nitrogens with zero attached hydrogens (tertiary/aromatic N) is 2. The Labute approximate surface area is 250 Å². The molecule has 1 aromatic heterocycles. The molecule has 2 heterocycles. The normalized spacial score (nSPS) is 15.5. The highest BCUT2D eigenvalue weighted by Crippen LogP contribution is 2.44. The molecule has 0 saturated heterocycles. The Hall–Kier alpha value is -4.24. The van der Waals surface area contributed by atoms with Gasteiger partial charge in [0.05, 0.1) is 38.8 Å². The van der Waals surface area contributed by atoms with E-state index in [0.29, 0.717) is 12.1 Å². The van der Waals surface area contributed by atoms with Crippen LogP contribution in [-0.2, 0) is 27.2 Å². The van der Waals surface area contributed by atoms with Crippen LogP contribution in [0.25, 0.3) is 22.6 Å². The number of sulfonamides is 1. The lowest BCUT2D eigenvalue weighted by Gasteiger charge is -2.35. The van der Waals surface area contributed by atoms with E-state index < -0.39 is 62.6 Å². The topological polar surface area (TPSA) is 110 Å². The molecule has 1 aliphatic rings. The van der Waals surface area contributed by atoms with Crippen molar-refractivity contribution in [2.75, 3.05) is 10.8 Å². The van der Waals surface area contributed by atoms with Gasteiger partial charge in [-0.15, -0.1) is 0 Å². The number of halogens is 7. The van der Waals surface area contributed by atoms with Crippen LogP contribution in [0.3, 0.4) is 0 Å². The molecule has 3 aromatic carbocycles. The number of carbonyl (C=O) groups is 1. The largest absolute Gasteiger partial charge is 0.486 e. The highest BCUT2D eigenvalue weighted by atomic mass is 35.5. The number of hydrogen-bond acceptors (Lipinski definition) is 6. The fraction of sp³-hybridized carbons (Fsp3) is 0.214. The standard InChI is InChI=1S/C28H19ClF6N2O6S/c29-20-6-2-5-19(28(33,34)35)26(20)24-13-21(36-43-24)15-7-9-23-22(11-15)37(14-17(42-23)8-10-25(38)39)44(40,41)18-4-1-3-16(12-18)27(30,31)32/h1-7,9,11-13,17H,8,10,14H2,(H,38,39)/t17-/m0/s1. The van der Waals surface area contributed by atoms with Gasteiger partial charge < -0.3 is 14.4 Å². The number of hydrogen-bond donors (Lipinski definition) is 1. The lowest BCUT2D eigenvalue weighted by molar-refractivity contribution is -0.138. The second-order valence-corrected chi connectivity index (χ2v) is 11.9. The molecule has 16 heteroatoms. The van der Waals surface area contributed by atoms with Crippen molar-refractivity contribution in [1.29, 1.82) is 0 Å². The molecule has 8 nitrogen and oxygen atoms in total. The Morgan fingerprint density at radius 3 is 2.41 bits per heavy atom. The molecule has 0 fully saturated rings. The zero-order valence-corrected chi connectivity index (χ0v) is 23.6. The monoisotopic (exact) mass is 660 g/mol. The Bertz CT molecular complexity index is 1840. The predicted octanol–water partition coefficient (Wildman–Crippen LogP) is 7.52. The van der Waals surface area contributed by atoms with Crippen molar-refractivity contribution in [3.63, 3.8) is 0 Å². The number of aromatic nitrogens is 1. The number of ether oxygens (including phenoxy) is 1. The molecule has 0 spiro atoms. The van der Waals surface area contributed by atoms with Gasteiger partial charge in [0.1, 0.15) is 17.5 Å². The van der Waals surface area contributed by atoms with Crippen LogP contribution < -0.4 is 9.04 Å². The van der Waals surface area contributed by atoms with Gasteiger partial charge in [0.25, 0.3) is 10.0 Å². The molecule has 1 atom stereocenters. The van der Waals surface area contributed by atoms with Crippen LogP contribution in [-0.4, -0.2) is 37.3 Å². The molecular formula is C28H19ClF6N2O6S. The van der Waals surface area contributed by atoms with Crippen LogP contribution in [0, 0.1) is 0 Å². The van der Waals surface area contributed by atoms with Gasteiger partial charge in [-0.25, -0.2) is 8.42 Å².